The minimum Gasteiger partial charge on any atom is -0.324 e. The van der Waals surface area contributed by atoms with Gasteiger partial charge in [-0.05, 0) is 25.1 Å². The lowest BCUT2D eigenvalue weighted by atomic mass is 10.3. The molecule has 0 saturated heterocycles. The smallest absolute Gasteiger partial charge is 0.242 e. The molecule has 2 rings (SSSR count). The number of hydrogen-bond acceptors (Lipinski definition) is 3. The maximum absolute atomic E-state index is 12.8. The molecule has 80 valence electrons. The summed E-state index contributed by atoms with van der Waals surface area (Å²) in [5.41, 5.74) is 0.0121. The van der Waals surface area contributed by atoms with Gasteiger partial charge in [0.15, 0.2) is 9.84 Å². The van der Waals surface area contributed by atoms with E-state index in [1.165, 1.54) is 6.92 Å². The van der Waals surface area contributed by atoms with Crippen molar-refractivity contribution in [1.82, 2.24) is 0 Å². The van der Waals surface area contributed by atoms with Crippen LogP contribution in [-0.4, -0.2) is 19.6 Å². The van der Waals surface area contributed by atoms with Crippen LogP contribution in [0.3, 0.4) is 0 Å². The van der Waals surface area contributed by atoms with E-state index in [0.717, 1.165) is 18.2 Å². The molecule has 1 aliphatic heterocycles. The highest BCUT2D eigenvalue weighted by Gasteiger charge is 2.36. The zero-order chi connectivity index (χ0) is 11.2. The summed E-state index contributed by atoms with van der Waals surface area (Å²) >= 11 is 0. The summed E-state index contributed by atoms with van der Waals surface area (Å²) in [4.78, 5) is 11.2. The molecule has 1 aliphatic rings. The van der Waals surface area contributed by atoms with Gasteiger partial charge < -0.3 is 5.32 Å². The Balaban J connectivity index is 2.72. The molecule has 0 fully saturated rings. The topological polar surface area (TPSA) is 63.2 Å². The lowest BCUT2D eigenvalue weighted by Gasteiger charge is -2.21. The van der Waals surface area contributed by atoms with Crippen molar-refractivity contribution >= 4 is 21.4 Å². The van der Waals surface area contributed by atoms with Crippen molar-refractivity contribution < 1.29 is 17.6 Å². The van der Waals surface area contributed by atoms with Crippen molar-refractivity contribution in [2.45, 2.75) is 17.1 Å². The summed E-state index contributed by atoms with van der Waals surface area (Å²) in [5, 5.41) is 1.22. The molecule has 1 atom stereocenters. The van der Waals surface area contributed by atoms with Gasteiger partial charge in [-0.2, -0.15) is 0 Å². The van der Waals surface area contributed by atoms with Crippen molar-refractivity contribution in [3.63, 3.8) is 0 Å². The first kappa shape index (κ1) is 10.1. The molecule has 0 aliphatic carbocycles. The largest absolute Gasteiger partial charge is 0.324 e. The summed E-state index contributed by atoms with van der Waals surface area (Å²) in [5.74, 6) is -1.22. The molecule has 0 radical (unpaired) electrons. The molecular weight excluding hydrogens is 221 g/mol. The molecule has 15 heavy (non-hydrogen) atoms. The Morgan fingerprint density at radius 3 is 2.73 bits per heavy atom. The number of sulfone groups is 1. The third kappa shape index (κ3) is 1.41. The van der Waals surface area contributed by atoms with Crippen LogP contribution in [0.2, 0.25) is 0 Å². The number of rotatable bonds is 0. The Kier molecular flexibility index (Phi) is 2.04. The van der Waals surface area contributed by atoms with Gasteiger partial charge in [-0.15, -0.1) is 0 Å². The van der Waals surface area contributed by atoms with E-state index in [4.69, 9.17) is 0 Å². The lowest BCUT2D eigenvalue weighted by Crippen LogP contribution is -2.37. The normalized spacial score (nSPS) is 23.1. The first-order valence-electron chi connectivity index (χ1n) is 4.27. The molecule has 0 saturated carbocycles. The lowest BCUT2D eigenvalue weighted by molar-refractivity contribution is -0.115. The van der Waals surface area contributed by atoms with Crippen LogP contribution in [0.25, 0.3) is 0 Å². The number of anilines is 1. The molecule has 1 aromatic rings. The Morgan fingerprint density at radius 2 is 2.07 bits per heavy atom. The van der Waals surface area contributed by atoms with Crippen LogP contribution < -0.4 is 5.32 Å². The van der Waals surface area contributed by atoms with E-state index in [1.807, 2.05) is 0 Å². The van der Waals surface area contributed by atoms with Crippen LogP contribution in [-0.2, 0) is 14.6 Å². The Labute approximate surface area is 86.0 Å². The number of nitrogens with one attached hydrogen (secondary N) is 1. The van der Waals surface area contributed by atoms with Crippen LogP contribution in [0.5, 0.6) is 0 Å². The SMILES string of the molecule is CC1C(=O)Nc2cc(F)ccc2S1(=O)=O. The molecular formula is C9H8FNO3S. The summed E-state index contributed by atoms with van der Waals surface area (Å²) in [6.07, 6.45) is 0. The molecule has 0 aromatic heterocycles. The zero-order valence-electron chi connectivity index (χ0n) is 7.82. The van der Waals surface area contributed by atoms with Crippen molar-refractivity contribution in [2.24, 2.45) is 0 Å². The number of halogens is 1. The van der Waals surface area contributed by atoms with E-state index in [0.29, 0.717) is 0 Å². The minimum absolute atomic E-state index is 0.0121. The number of carbonyl (C=O) groups excluding carboxylic acids is 1. The highest BCUT2D eigenvalue weighted by atomic mass is 32.2. The summed E-state index contributed by atoms with van der Waals surface area (Å²) in [7, 11) is -3.67. The Bertz CT molecular complexity index is 538. The van der Waals surface area contributed by atoms with Gasteiger partial charge in [0, 0.05) is 0 Å². The third-order valence-corrected chi connectivity index (χ3v) is 4.45. The highest BCUT2D eigenvalue weighted by molar-refractivity contribution is 7.93. The first-order valence-corrected chi connectivity index (χ1v) is 5.82. The van der Waals surface area contributed by atoms with Gasteiger partial charge in [0.1, 0.15) is 11.1 Å². The molecule has 1 heterocycles. The van der Waals surface area contributed by atoms with E-state index in [1.54, 1.807) is 0 Å². The predicted octanol–water partition coefficient (Wildman–Crippen LogP) is 0.940. The number of benzene rings is 1. The maximum Gasteiger partial charge on any atom is 0.242 e. The third-order valence-electron chi connectivity index (χ3n) is 2.34. The van der Waals surface area contributed by atoms with Gasteiger partial charge in [-0.25, -0.2) is 12.8 Å². The second-order valence-electron chi connectivity index (χ2n) is 3.32. The van der Waals surface area contributed by atoms with E-state index in [-0.39, 0.29) is 10.6 Å². The molecule has 1 N–H and O–H groups in total. The van der Waals surface area contributed by atoms with Gasteiger partial charge in [-0.3, -0.25) is 4.79 Å². The maximum atomic E-state index is 12.8. The number of amides is 1. The summed E-state index contributed by atoms with van der Waals surface area (Å²) < 4.78 is 36.3. The van der Waals surface area contributed by atoms with E-state index >= 15 is 0 Å². The summed E-state index contributed by atoms with van der Waals surface area (Å²) in [6, 6.07) is 3.22. The molecule has 0 spiro atoms. The molecule has 1 amide bonds. The monoisotopic (exact) mass is 229 g/mol. The second-order valence-corrected chi connectivity index (χ2v) is 5.55. The van der Waals surface area contributed by atoms with Gasteiger partial charge in [-0.1, -0.05) is 0 Å². The van der Waals surface area contributed by atoms with E-state index in [2.05, 4.69) is 5.32 Å². The van der Waals surface area contributed by atoms with Crippen LogP contribution >= 0.6 is 0 Å². The van der Waals surface area contributed by atoms with Crippen LogP contribution in [0, 0.1) is 5.82 Å². The fourth-order valence-electron chi connectivity index (χ4n) is 1.41. The zero-order valence-corrected chi connectivity index (χ0v) is 8.64. The standard InChI is InChI=1S/C9H8FNO3S/c1-5-9(12)11-7-4-6(10)2-3-8(7)15(5,13)14/h2-5H,1H3,(H,11,12). The van der Waals surface area contributed by atoms with Crippen molar-refractivity contribution in [3.05, 3.63) is 24.0 Å². The van der Waals surface area contributed by atoms with Gasteiger partial charge in [0.2, 0.25) is 5.91 Å². The average Bonchev–Trinajstić information content (AvgIpc) is 2.14. The van der Waals surface area contributed by atoms with Crippen molar-refractivity contribution in [2.75, 3.05) is 5.32 Å². The minimum atomic E-state index is -3.67. The number of fused-ring (bicyclic) bond motifs is 1. The molecule has 6 heteroatoms. The number of hydrogen-bond donors (Lipinski definition) is 1. The highest BCUT2D eigenvalue weighted by Crippen LogP contribution is 2.30. The van der Waals surface area contributed by atoms with Gasteiger partial charge in [0.05, 0.1) is 10.6 Å². The van der Waals surface area contributed by atoms with Crippen molar-refractivity contribution in [3.8, 4) is 0 Å². The molecule has 1 unspecified atom stereocenters. The fraction of sp³-hybridized carbons (Fsp3) is 0.222. The first-order chi connectivity index (χ1) is 6.93. The molecule has 0 bridgehead atoms. The Morgan fingerprint density at radius 1 is 1.40 bits per heavy atom. The van der Waals surface area contributed by atoms with E-state index < -0.39 is 26.8 Å². The predicted molar refractivity (Wildman–Crippen MR) is 51.7 cm³/mol. The summed E-state index contributed by atoms with van der Waals surface area (Å²) in [6.45, 7) is 1.30. The second kappa shape index (κ2) is 3.03. The van der Waals surface area contributed by atoms with Gasteiger partial charge in [0.25, 0.3) is 0 Å². The van der Waals surface area contributed by atoms with Crippen molar-refractivity contribution in [1.29, 1.82) is 0 Å². The molecule has 4 nitrogen and oxygen atoms in total. The fourth-order valence-corrected chi connectivity index (χ4v) is 2.81. The number of carbonyl (C=O) groups is 1. The van der Waals surface area contributed by atoms with Crippen LogP contribution in [0.4, 0.5) is 10.1 Å². The quantitative estimate of drug-likeness (QED) is 0.673. The average molecular weight is 229 g/mol. The van der Waals surface area contributed by atoms with Gasteiger partial charge >= 0.3 is 0 Å². The van der Waals surface area contributed by atoms with E-state index in [9.17, 15) is 17.6 Å². The molecule has 1 aromatic carbocycles. The van der Waals surface area contributed by atoms with Crippen LogP contribution in [0.1, 0.15) is 6.92 Å². The van der Waals surface area contributed by atoms with Crippen LogP contribution in [0.15, 0.2) is 23.1 Å². The Hall–Kier alpha value is -1.43.